The van der Waals surface area contributed by atoms with Crippen LogP contribution in [0.25, 0.3) is 11.1 Å². The maximum absolute atomic E-state index is 12.8. The van der Waals surface area contributed by atoms with Gasteiger partial charge in [0.05, 0.1) is 16.6 Å². The molecular formula is C19H21N5O4S. The van der Waals surface area contributed by atoms with Crippen molar-refractivity contribution in [2.24, 2.45) is 0 Å². The number of benzene rings is 2. The van der Waals surface area contributed by atoms with Gasteiger partial charge in [0.15, 0.2) is 0 Å². The number of amides is 1. The number of nitrogens with one attached hydrogen (secondary N) is 2. The smallest absolute Gasteiger partial charge is 0.411 e. The maximum Gasteiger partial charge on any atom is 0.411 e. The molecule has 1 heterocycles. The molecule has 0 atom stereocenters. The summed E-state index contributed by atoms with van der Waals surface area (Å²) in [6, 6.07) is 13.4. The van der Waals surface area contributed by atoms with Gasteiger partial charge in [0, 0.05) is 12.7 Å². The topological polar surface area (TPSA) is 128 Å². The Morgan fingerprint density at radius 2 is 1.83 bits per heavy atom. The first-order chi connectivity index (χ1) is 13.6. The van der Waals surface area contributed by atoms with E-state index in [1.165, 1.54) is 25.4 Å². The van der Waals surface area contributed by atoms with Gasteiger partial charge in [0.2, 0.25) is 10.0 Å². The monoisotopic (exact) mass is 415 g/mol. The van der Waals surface area contributed by atoms with Gasteiger partial charge in [-0.2, -0.15) is 20.1 Å². The number of aromatic amines is 1. The molecule has 3 N–H and O–H groups in total. The Labute approximate surface area is 168 Å². The van der Waals surface area contributed by atoms with Crippen LogP contribution in [0, 0.1) is 0 Å². The van der Waals surface area contributed by atoms with E-state index in [-0.39, 0.29) is 4.90 Å². The molecule has 0 spiro atoms. The van der Waals surface area contributed by atoms with Crippen LogP contribution in [0.2, 0.25) is 0 Å². The molecule has 2 aromatic carbocycles. The molecular weight excluding hydrogens is 394 g/mol. The standard InChI is InChI=1S/C19H21N5O4S/c1-19(2,17-12-20-23-21-17)22-29(27,28)16-9-7-13(8-10-16)14-5-4-6-15(11-14)24(3)18(25)26/h4-12,22H,1-3H3,(H,25,26)(H,20,21,23). The summed E-state index contributed by atoms with van der Waals surface area (Å²) in [5.41, 5.74) is 1.58. The van der Waals surface area contributed by atoms with Crippen molar-refractivity contribution in [3.8, 4) is 11.1 Å². The maximum atomic E-state index is 12.8. The first-order valence-electron chi connectivity index (χ1n) is 8.67. The van der Waals surface area contributed by atoms with Gasteiger partial charge in [-0.3, -0.25) is 4.90 Å². The molecule has 0 aliphatic heterocycles. The van der Waals surface area contributed by atoms with Crippen LogP contribution >= 0.6 is 0 Å². The number of anilines is 1. The largest absolute Gasteiger partial charge is 0.465 e. The van der Waals surface area contributed by atoms with E-state index in [1.807, 2.05) is 6.07 Å². The van der Waals surface area contributed by atoms with Crippen molar-refractivity contribution in [3.05, 3.63) is 60.4 Å². The molecule has 1 amide bonds. The first kappa shape index (κ1) is 20.5. The van der Waals surface area contributed by atoms with Crippen molar-refractivity contribution in [1.82, 2.24) is 20.1 Å². The van der Waals surface area contributed by atoms with Gasteiger partial charge in [-0.1, -0.05) is 24.3 Å². The third-order valence-electron chi connectivity index (χ3n) is 4.46. The van der Waals surface area contributed by atoms with E-state index in [2.05, 4.69) is 20.1 Å². The van der Waals surface area contributed by atoms with Crippen LogP contribution in [0.1, 0.15) is 19.5 Å². The Kier molecular flexibility index (Phi) is 5.40. The fourth-order valence-electron chi connectivity index (χ4n) is 2.78. The Bertz CT molecular complexity index is 1110. The van der Waals surface area contributed by atoms with Crippen molar-refractivity contribution in [3.63, 3.8) is 0 Å². The van der Waals surface area contributed by atoms with Gasteiger partial charge in [0.25, 0.3) is 0 Å². The van der Waals surface area contributed by atoms with E-state index < -0.39 is 21.7 Å². The Hall–Kier alpha value is -3.24. The van der Waals surface area contributed by atoms with E-state index in [1.54, 1.807) is 44.2 Å². The molecule has 0 aliphatic rings. The van der Waals surface area contributed by atoms with Crippen LogP contribution in [0.5, 0.6) is 0 Å². The number of nitrogens with zero attached hydrogens (tertiary/aromatic N) is 3. The number of hydrogen-bond acceptors (Lipinski definition) is 5. The van der Waals surface area contributed by atoms with Crippen molar-refractivity contribution in [1.29, 1.82) is 0 Å². The summed E-state index contributed by atoms with van der Waals surface area (Å²) >= 11 is 0. The van der Waals surface area contributed by atoms with Gasteiger partial charge in [0.1, 0.15) is 5.69 Å². The molecule has 0 fully saturated rings. The number of rotatable bonds is 6. The molecule has 0 radical (unpaired) electrons. The average Bonchev–Trinajstić information content (AvgIpc) is 3.23. The average molecular weight is 415 g/mol. The second-order valence-corrected chi connectivity index (χ2v) is 8.68. The fourth-order valence-corrected chi connectivity index (χ4v) is 4.17. The van der Waals surface area contributed by atoms with Crippen molar-refractivity contribution < 1.29 is 18.3 Å². The van der Waals surface area contributed by atoms with Gasteiger partial charge in [-0.15, -0.1) is 0 Å². The highest BCUT2D eigenvalue weighted by Crippen LogP contribution is 2.26. The molecule has 3 rings (SSSR count). The van der Waals surface area contributed by atoms with E-state index in [0.717, 1.165) is 16.0 Å². The lowest BCUT2D eigenvalue weighted by Crippen LogP contribution is -2.41. The molecule has 0 aliphatic carbocycles. The molecule has 152 valence electrons. The summed E-state index contributed by atoms with van der Waals surface area (Å²) in [5.74, 6) is 0. The molecule has 0 unspecified atom stereocenters. The molecule has 9 nitrogen and oxygen atoms in total. The normalized spacial score (nSPS) is 12.0. The van der Waals surface area contributed by atoms with Gasteiger partial charge >= 0.3 is 6.09 Å². The minimum atomic E-state index is -3.79. The van der Waals surface area contributed by atoms with Crippen LogP contribution in [0.15, 0.2) is 59.6 Å². The summed E-state index contributed by atoms with van der Waals surface area (Å²) in [6.07, 6.45) is 0.400. The third-order valence-corrected chi connectivity index (χ3v) is 6.14. The quantitative estimate of drug-likeness (QED) is 0.568. The van der Waals surface area contributed by atoms with Crippen molar-refractivity contribution in [2.45, 2.75) is 24.3 Å². The van der Waals surface area contributed by atoms with Gasteiger partial charge in [-0.25, -0.2) is 13.2 Å². The molecule has 1 aromatic heterocycles. The number of aromatic nitrogens is 3. The predicted octanol–water partition coefficient (Wildman–Crippen LogP) is 2.80. The van der Waals surface area contributed by atoms with Crippen molar-refractivity contribution in [2.75, 3.05) is 11.9 Å². The summed E-state index contributed by atoms with van der Waals surface area (Å²) in [5, 5.41) is 19.3. The minimum absolute atomic E-state index is 0.108. The fraction of sp³-hybridized carbons (Fsp3) is 0.211. The zero-order valence-electron chi connectivity index (χ0n) is 16.1. The van der Waals surface area contributed by atoms with Crippen molar-refractivity contribution >= 4 is 21.8 Å². The minimum Gasteiger partial charge on any atom is -0.465 e. The number of carboxylic acid groups (broad SMARTS) is 1. The summed E-state index contributed by atoms with van der Waals surface area (Å²) in [4.78, 5) is 12.4. The summed E-state index contributed by atoms with van der Waals surface area (Å²) < 4.78 is 28.2. The van der Waals surface area contributed by atoms with Crippen LogP contribution in [0.4, 0.5) is 10.5 Å². The van der Waals surface area contributed by atoms with Crippen LogP contribution in [0.3, 0.4) is 0 Å². The van der Waals surface area contributed by atoms with Crippen LogP contribution < -0.4 is 9.62 Å². The lowest BCUT2D eigenvalue weighted by molar-refractivity contribution is 0.203. The predicted molar refractivity (Wildman–Crippen MR) is 108 cm³/mol. The van der Waals surface area contributed by atoms with Gasteiger partial charge in [-0.05, 0) is 49.2 Å². The first-order valence-corrected chi connectivity index (χ1v) is 10.2. The zero-order valence-corrected chi connectivity index (χ0v) is 16.9. The molecule has 0 saturated carbocycles. The Morgan fingerprint density at radius 3 is 2.41 bits per heavy atom. The summed E-state index contributed by atoms with van der Waals surface area (Å²) in [7, 11) is -2.34. The second-order valence-electron chi connectivity index (χ2n) is 7.00. The third kappa shape index (κ3) is 4.44. The molecule has 29 heavy (non-hydrogen) atoms. The summed E-state index contributed by atoms with van der Waals surface area (Å²) in [6.45, 7) is 3.39. The highest BCUT2D eigenvalue weighted by molar-refractivity contribution is 7.89. The lowest BCUT2D eigenvalue weighted by Gasteiger charge is -2.23. The SMILES string of the molecule is CN(C(=O)O)c1cccc(-c2ccc(S(=O)(=O)NC(C)(C)c3cn[nH]n3)cc2)c1. The Balaban J connectivity index is 1.85. The Morgan fingerprint density at radius 1 is 1.14 bits per heavy atom. The molecule has 10 heteroatoms. The van der Waals surface area contributed by atoms with Crippen LogP contribution in [-0.2, 0) is 15.6 Å². The van der Waals surface area contributed by atoms with E-state index in [9.17, 15) is 13.2 Å². The van der Waals surface area contributed by atoms with Gasteiger partial charge < -0.3 is 5.11 Å². The number of sulfonamides is 1. The van der Waals surface area contributed by atoms with E-state index in [4.69, 9.17) is 5.11 Å². The number of hydrogen-bond donors (Lipinski definition) is 3. The molecule has 0 bridgehead atoms. The highest BCUT2D eigenvalue weighted by atomic mass is 32.2. The van der Waals surface area contributed by atoms with E-state index >= 15 is 0 Å². The molecule has 0 saturated heterocycles. The number of H-pyrrole nitrogens is 1. The lowest BCUT2D eigenvalue weighted by atomic mass is 10.0. The zero-order chi connectivity index (χ0) is 21.2. The second kappa shape index (κ2) is 7.64. The molecule has 3 aromatic rings. The van der Waals surface area contributed by atoms with Crippen LogP contribution in [-0.4, -0.2) is 42.1 Å². The number of carbonyl (C=O) groups is 1. The highest BCUT2D eigenvalue weighted by Gasteiger charge is 2.30. The van der Waals surface area contributed by atoms with E-state index in [0.29, 0.717) is 11.4 Å².